The molecule has 9 heteroatoms. The molecule has 1 aliphatic rings. The Balaban J connectivity index is 1.57. The standard InChI is InChI=1S/C25H30N4O4S/c1-4-16-28(17-19-10-11-19)24(30)20-12-14-22(15-13-20)34(32,33)26-23-18(2)27(3)29(25(23)31)21-8-6-5-7-9-21/h5-9,12-15,19,26H,4,10-11,16-17H2,1-3H3. The molecule has 0 saturated heterocycles. The van der Waals surface area contributed by atoms with Crippen molar-refractivity contribution in [3.8, 4) is 5.69 Å². The Hall–Kier alpha value is -3.33. The van der Waals surface area contributed by atoms with Gasteiger partial charge in [0.05, 0.1) is 16.3 Å². The largest absolute Gasteiger partial charge is 0.338 e. The topological polar surface area (TPSA) is 93.4 Å². The fourth-order valence-corrected chi connectivity index (χ4v) is 5.11. The van der Waals surface area contributed by atoms with Gasteiger partial charge in [0, 0.05) is 25.7 Å². The van der Waals surface area contributed by atoms with E-state index in [-0.39, 0.29) is 16.5 Å². The molecular formula is C25H30N4O4S. The summed E-state index contributed by atoms with van der Waals surface area (Å²) in [6, 6.07) is 14.9. The van der Waals surface area contributed by atoms with Crippen LogP contribution in [0, 0.1) is 12.8 Å². The van der Waals surface area contributed by atoms with E-state index in [2.05, 4.69) is 4.72 Å². The number of sulfonamides is 1. The molecule has 4 rings (SSSR count). The van der Waals surface area contributed by atoms with Crippen molar-refractivity contribution in [2.24, 2.45) is 13.0 Å². The van der Waals surface area contributed by atoms with Gasteiger partial charge in [-0.05, 0) is 68.5 Å². The van der Waals surface area contributed by atoms with Crippen molar-refractivity contribution in [2.75, 3.05) is 17.8 Å². The number of anilines is 1. The van der Waals surface area contributed by atoms with Crippen molar-refractivity contribution in [3.05, 3.63) is 76.2 Å². The summed E-state index contributed by atoms with van der Waals surface area (Å²) in [6.45, 7) is 5.14. The van der Waals surface area contributed by atoms with Crippen molar-refractivity contribution < 1.29 is 13.2 Å². The molecular weight excluding hydrogens is 452 g/mol. The number of amides is 1. The van der Waals surface area contributed by atoms with E-state index in [1.807, 2.05) is 30.0 Å². The van der Waals surface area contributed by atoms with Gasteiger partial charge in [-0.25, -0.2) is 13.1 Å². The maximum atomic E-state index is 13.1. The van der Waals surface area contributed by atoms with E-state index in [4.69, 9.17) is 0 Å². The third-order valence-electron chi connectivity index (χ3n) is 6.16. The third kappa shape index (κ3) is 4.79. The van der Waals surface area contributed by atoms with Crippen molar-refractivity contribution in [3.63, 3.8) is 0 Å². The van der Waals surface area contributed by atoms with Crippen LogP contribution in [0.1, 0.15) is 42.2 Å². The van der Waals surface area contributed by atoms with Crippen molar-refractivity contribution in [1.82, 2.24) is 14.3 Å². The van der Waals surface area contributed by atoms with Crippen LogP contribution in [0.3, 0.4) is 0 Å². The summed E-state index contributed by atoms with van der Waals surface area (Å²) in [7, 11) is -2.33. The number of carbonyl (C=O) groups is 1. The molecule has 1 fully saturated rings. The normalized spacial score (nSPS) is 13.6. The number of aromatic nitrogens is 2. The molecule has 34 heavy (non-hydrogen) atoms. The molecule has 3 aromatic rings. The lowest BCUT2D eigenvalue weighted by atomic mass is 10.2. The summed E-state index contributed by atoms with van der Waals surface area (Å²) in [5.74, 6) is 0.490. The van der Waals surface area contributed by atoms with E-state index < -0.39 is 15.6 Å². The number of hydrogen-bond donors (Lipinski definition) is 1. The van der Waals surface area contributed by atoms with Gasteiger partial charge in [-0.2, -0.15) is 0 Å². The number of nitrogens with one attached hydrogen (secondary N) is 1. The van der Waals surface area contributed by atoms with Crippen LogP contribution in [0.15, 0.2) is 64.3 Å². The smallest absolute Gasteiger partial charge is 0.296 e. The van der Waals surface area contributed by atoms with Crippen LogP contribution < -0.4 is 10.3 Å². The molecule has 0 radical (unpaired) electrons. The third-order valence-corrected chi connectivity index (χ3v) is 7.52. The van der Waals surface area contributed by atoms with E-state index in [1.165, 1.54) is 28.9 Å². The summed E-state index contributed by atoms with van der Waals surface area (Å²) in [6.07, 6.45) is 3.17. The number of para-hydroxylation sites is 1. The maximum Gasteiger partial charge on any atom is 0.296 e. The molecule has 1 aromatic heterocycles. The molecule has 8 nitrogen and oxygen atoms in total. The van der Waals surface area contributed by atoms with Gasteiger partial charge >= 0.3 is 0 Å². The Morgan fingerprint density at radius 3 is 2.32 bits per heavy atom. The van der Waals surface area contributed by atoms with Crippen LogP contribution in [0.5, 0.6) is 0 Å². The van der Waals surface area contributed by atoms with Crippen LogP contribution in [-0.2, 0) is 17.1 Å². The van der Waals surface area contributed by atoms with Gasteiger partial charge in [-0.1, -0.05) is 25.1 Å². The summed E-state index contributed by atoms with van der Waals surface area (Å²) in [5, 5.41) is 0. The minimum atomic E-state index is -4.03. The highest BCUT2D eigenvalue weighted by Gasteiger charge is 2.27. The van der Waals surface area contributed by atoms with Crippen LogP contribution in [-0.4, -0.2) is 41.7 Å². The lowest BCUT2D eigenvalue weighted by Crippen LogP contribution is -2.33. The average molecular weight is 483 g/mol. The van der Waals surface area contributed by atoms with Gasteiger partial charge in [-0.15, -0.1) is 0 Å². The number of carbonyl (C=O) groups excluding carboxylic acids is 1. The summed E-state index contributed by atoms with van der Waals surface area (Å²) >= 11 is 0. The fraction of sp³-hybridized carbons (Fsp3) is 0.360. The predicted molar refractivity (Wildman–Crippen MR) is 132 cm³/mol. The number of nitrogens with zero attached hydrogens (tertiary/aromatic N) is 3. The van der Waals surface area contributed by atoms with Crippen LogP contribution in [0.2, 0.25) is 0 Å². The molecule has 1 heterocycles. The summed E-state index contributed by atoms with van der Waals surface area (Å²) in [5.41, 5.74) is 1.10. The average Bonchev–Trinajstić information content (AvgIpc) is 3.63. The first-order valence-electron chi connectivity index (χ1n) is 11.5. The molecule has 0 aliphatic heterocycles. The quantitative estimate of drug-likeness (QED) is 0.505. The lowest BCUT2D eigenvalue weighted by Gasteiger charge is -2.22. The second-order valence-corrected chi connectivity index (χ2v) is 10.4. The minimum absolute atomic E-state index is 0.00920. The van der Waals surface area contributed by atoms with E-state index in [0.29, 0.717) is 29.4 Å². The SMILES string of the molecule is CCCN(CC1CC1)C(=O)c1ccc(S(=O)(=O)Nc2c(C)n(C)n(-c3ccccc3)c2=O)cc1. The van der Waals surface area contributed by atoms with Gasteiger partial charge in [0.1, 0.15) is 5.69 Å². The minimum Gasteiger partial charge on any atom is -0.338 e. The highest BCUT2D eigenvalue weighted by atomic mass is 32.2. The Morgan fingerprint density at radius 1 is 1.09 bits per heavy atom. The van der Waals surface area contributed by atoms with E-state index in [9.17, 15) is 18.0 Å². The summed E-state index contributed by atoms with van der Waals surface area (Å²) < 4.78 is 31.6. The number of benzene rings is 2. The Bertz CT molecular complexity index is 1340. The highest BCUT2D eigenvalue weighted by Crippen LogP contribution is 2.30. The first-order chi connectivity index (χ1) is 16.2. The van der Waals surface area contributed by atoms with Crippen molar-refractivity contribution >= 4 is 21.6 Å². The molecule has 2 aromatic carbocycles. The second-order valence-electron chi connectivity index (χ2n) is 8.76. The molecule has 180 valence electrons. The van der Waals surface area contributed by atoms with Gasteiger partial charge in [0.25, 0.3) is 21.5 Å². The second kappa shape index (κ2) is 9.50. The van der Waals surface area contributed by atoms with Gasteiger partial charge in [-0.3, -0.25) is 19.0 Å². The Labute approximate surface area is 199 Å². The van der Waals surface area contributed by atoms with Gasteiger partial charge in [0.2, 0.25) is 0 Å². The lowest BCUT2D eigenvalue weighted by molar-refractivity contribution is 0.0747. The van der Waals surface area contributed by atoms with E-state index >= 15 is 0 Å². The van der Waals surface area contributed by atoms with Crippen LogP contribution in [0.25, 0.3) is 5.69 Å². The van der Waals surface area contributed by atoms with Gasteiger partial charge in [0.15, 0.2) is 0 Å². The van der Waals surface area contributed by atoms with E-state index in [0.717, 1.165) is 25.8 Å². The zero-order valence-corrected chi connectivity index (χ0v) is 20.5. The van der Waals surface area contributed by atoms with Crippen molar-refractivity contribution in [2.45, 2.75) is 38.0 Å². The zero-order valence-electron chi connectivity index (χ0n) is 19.7. The Morgan fingerprint density at radius 2 is 1.74 bits per heavy atom. The van der Waals surface area contributed by atoms with Crippen LogP contribution in [0.4, 0.5) is 5.69 Å². The molecule has 1 N–H and O–H groups in total. The van der Waals surface area contributed by atoms with Crippen LogP contribution >= 0.6 is 0 Å². The highest BCUT2D eigenvalue weighted by molar-refractivity contribution is 7.92. The number of rotatable bonds is 9. The summed E-state index contributed by atoms with van der Waals surface area (Å²) in [4.78, 5) is 27.8. The van der Waals surface area contributed by atoms with Gasteiger partial charge < -0.3 is 4.90 Å². The monoisotopic (exact) mass is 482 g/mol. The Kier molecular flexibility index (Phi) is 6.65. The zero-order chi connectivity index (χ0) is 24.5. The molecule has 0 atom stereocenters. The first kappa shape index (κ1) is 23.8. The molecule has 0 bridgehead atoms. The number of hydrogen-bond acceptors (Lipinski definition) is 4. The fourth-order valence-electron chi connectivity index (χ4n) is 4.00. The van der Waals surface area contributed by atoms with Crippen molar-refractivity contribution in [1.29, 1.82) is 0 Å². The predicted octanol–water partition coefficient (Wildman–Crippen LogP) is 3.55. The first-order valence-corrected chi connectivity index (χ1v) is 13.0. The molecule has 1 saturated carbocycles. The molecule has 1 aliphatic carbocycles. The van der Waals surface area contributed by atoms with E-state index in [1.54, 1.807) is 30.8 Å². The molecule has 0 unspecified atom stereocenters. The molecule has 1 amide bonds. The maximum absolute atomic E-state index is 13.1. The molecule has 0 spiro atoms.